The average molecular weight is 247 g/mol. The van der Waals surface area contributed by atoms with Gasteiger partial charge in [0.1, 0.15) is 11.4 Å². The van der Waals surface area contributed by atoms with Crippen molar-refractivity contribution >= 4 is 0 Å². The molecule has 1 saturated carbocycles. The summed E-state index contributed by atoms with van der Waals surface area (Å²) in [5.41, 5.74) is 1.05. The first kappa shape index (κ1) is 13.0. The van der Waals surface area contributed by atoms with E-state index in [0.717, 1.165) is 36.8 Å². The Bertz CT molecular complexity index is 436. The summed E-state index contributed by atoms with van der Waals surface area (Å²) in [4.78, 5) is 1.98. The lowest BCUT2D eigenvalue weighted by atomic mass is 9.76. The second-order valence-corrected chi connectivity index (χ2v) is 5.23. The molecular weight excluding hydrogens is 226 g/mol. The number of hydrogen-bond donors (Lipinski definition) is 2. The lowest BCUT2D eigenvalue weighted by Crippen LogP contribution is -2.32. The number of phenolic OH excluding ortho intramolecular Hbond substituents is 1. The highest BCUT2D eigenvalue weighted by Crippen LogP contribution is 2.41. The van der Waals surface area contributed by atoms with Gasteiger partial charge in [-0.2, -0.15) is 0 Å². The first-order valence-corrected chi connectivity index (χ1v) is 6.42. The Morgan fingerprint density at radius 3 is 2.44 bits per heavy atom. The van der Waals surface area contributed by atoms with E-state index in [-0.39, 0.29) is 5.75 Å². The quantitative estimate of drug-likeness (QED) is 0.844. The minimum Gasteiger partial charge on any atom is -0.508 e. The number of aromatic hydroxyl groups is 1. The minimum absolute atomic E-state index is 0.233. The summed E-state index contributed by atoms with van der Waals surface area (Å²) in [6.45, 7) is 0. The van der Waals surface area contributed by atoms with Crippen LogP contribution in [0.3, 0.4) is 0 Å². The number of nitrogens with zero attached hydrogens (tertiary/aromatic N) is 1. The fourth-order valence-electron chi connectivity index (χ4n) is 2.61. The number of benzene rings is 1. The summed E-state index contributed by atoms with van der Waals surface area (Å²) in [6.07, 6.45) is 5.85. The van der Waals surface area contributed by atoms with Gasteiger partial charge in [-0.3, -0.25) is 0 Å². The Hall–Kier alpha value is -1.48. The lowest BCUT2D eigenvalue weighted by molar-refractivity contribution is 0.0469. The highest BCUT2D eigenvalue weighted by Gasteiger charge is 2.35. The molecule has 3 heteroatoms. The topological polar surface area (TPSA) is 43.7 Å². The molecule has 0 aromatic heterocycles. The Balaban J connectivity index is 2.39. The van der Waals surface area contributed by atoms with Crippen LogP contribution in [0.5, 0.6) is 5.75 Å². The van der Waals surface area contributed by atoms with Crippen LogP contribution in [-0.2, 0) is 5.60 Å². The van der Waals surface area contributed by atoms with Crippen molar-refractivity contribution in [3.8, 4) is 5.75 Å². The Labute approximate surface area is 108 Å². The van der Waals surface area contributed by atoms with E-state index in [9.17, 15) is 10.2 Å². The van der Waals surface area contributed by atoms with Gasteiger partial charge in [-0.1, -0.05) is 12.1 Å². The molecule has 2 N–H and O–H groups in total. The van der Waals surface area contributed by atoms with Crippen molar-refractivity contribution in [1.29, 1.82) is 0 Å². The monoisotopic (exact) mass is 247 g/mol. The van der Waals surface area contributed by atoms with E-state index in [4.69, 9.17) is 0 Å². The molecule has 1 atom stereocenters. The molecule has 0 aliphatic heterocycles. The molecular formula is C15H21NO2. The standard InChI is InChI=1S/C15H21NO2/c1-16(2)11-13-5-3-4-10-15(13,18)12-6-8-14(17)9-7-12/h6-9,11,17-18H,3-5,10H2,1-2H3/t15-/m1/s1. The third kappa shape index (κ3) is 2.51. The fraction of sp³-hybridized carbons (Fsp3) is 0.467. The van der Waals surface area contributed by atoms with Gasteiger partial charge in [-0.05, 0) is 49.0 Å². The fourth-order valence-corrected chi connectivity index (χ4v) is 2.61. The van der Waals surface area contributed by atoms with Crippen LogP contribution < -0.4 is 0 Å². The molecule has 18 heavy (non-hydrogen) atoms. The summed E-state index contributed by atoms with van der Waals surface area (Å²) in [5, 5.41) is 20.3. The highest BCUT2D eigenvalue weighted by molar-refractivity contribution is 5.37. The summed E-state index contributed by atoms with van der Waals surface area (Å²) < 4.78 is 0. The van der Waals surface area contributed by atoms with Gasteiger partial charge in [0.05, 0.1) is 0 Å². The zero-order valence-corrected chi connectivity index (χ0v) is 11.1. The van der Waals surface area contributed by atoms with Crippen LogP contribution in [0.15, 0.2) is 36.0 Å². The van der Waals surface area contributed by atoms with Crippen molar-refractivity contribution in [3.63, 3.8) is 0 Å². The van der Waals surface area contributed by atoms with Crippen molar-refractivity contribution in [2.45, 2.75) is 31.3 Å². The molecule has 0 radical (unpaired) electrons. The average Bonchev–Trinajstić information content (AvgIpc) is 2.32. The van der Waals surface area contributed by atoms with Gasteiger partial charge in [0.25, 0.3) is 0 Å². The van der Waals surface area contributed by atoms with Gasteiger partial charge in [0.2, 0.25) is 0 Å². The number of hydrogen-bond acceptors (Lipinski definition) is 3. The van der Waals surface area contributed by atoms with Crippen LogP contribution in [-0.4, -0.2) is 29.2 Å². The predicted octanol–water partition coefficient (Wildman–Crippen LogP) is 2.60. The van der Waals surface area contributed by atoms with E-state index >= 15 is 0 Å². The van der Waals surface area contributed by atoms with Crippen LogP contribution >= 0.6 is 0 Å². The summed E-state index contributed by atoms with van der Waals surface area (Å²) in [5.74, 6) is 0.233. The second kappa shape index (κ2) is 5.02. The molecule has 98 valence electrons. The van der Waals surface area contributed by atoms with Crippen molar-refractivity contribution in [3.05, 3.63) is 41.6 Å². The largest absolute Gasteiger partial charge is 0.508 e. The van der Waals surface area contributed by atoms with Gasteiger partial charge in [-0.25, -0.2) is 0 Å². The van der Waals surface area contributed by atoms with Crippen molar-refractivity contribution in [1.82, 2.24) is 4.90 Å². The lowest BCUT2D eigenvalue weighted by Gasteiger charge is -2.36. The molecule has 0 spiro atoms. The second-order valence-electron chi connectivity index (χ2n) is 5.23. The molecule has 3 nitrogen and oxygen atoms in total. The zero-order chi connectivity index (χ0) is 13.2. The Morgan fingerprint density at radius 2 is 1.83 bits per heavy atom. The third-order valence-corrected chi connectivity index (χ3v) is 3.52. The SMILES string of the molecule is CN(C)C=C1CCCC[C@@]1(O)c1ccc(O)cc1. The Kier molecular flexibility index (Phi) is 3.62. The van der Waals surface area contributed by atoms with Crippen LogP contribution in [0.25, 0.3) is 0 Å². The van der Waals surface area contributed by atoms with E-state index < -0.39 is 5.60 Å². The van der Waals surface area contributed by atoms with E-state index in [1.54, 1.807) is 12.1 Å². The van der Waals surface area contributed by atoms with Crippen molar-refractivity contribution in [2.24, 2.45) is 0 Å². The minimum atomic E-state index is -0.879. The molecule has 2 rings (SSSR count). The molecule has 0 amide bonds. The van der Waals surface area contributed by atoms with Crippen LogP contribution in [0, 0.1) is 0 Å². The normalized spacial score (nSPS) is 26.3. The van der Waals surface area contributed by atoms with Crippen molar-refractivity contribution < 1.29 is 10.2 Å². The van der Waals surface area contributed by atoms with Crippen LogP contribution in [0.4, 0.5) is 0 Å². The van der Waals surface area contributed by atoms with Crippen LogP contribution in [0.2, 0.25) is 0 Å². The summed E-state index contributed by atoms with van der Waals surface area (Å²) in [7, 11) is 3.94. The third-order valence-electron chi connectivity index (χ3n) is 3.52. The summed E-state index contributed by atoms with van der Waals surface area (Å²) in [6, 6.07) is 6.89. The first-order valence-electron chi connectivity index (χ1n) is 6.42. The maximum Gasteiger partial charge on any atom is 0.115 e. The molecule has 0 bridgehead atoms. The number of phenols is 1. The van der Waals surface area contributed by atoms with E-state index in [1.165, 1.54) is 0 Å². The molecule has 0 heterocycles. The number of rotatable bonds is 2. The molecule has 1 aliphatic carbocycles. The Morgan fingerprint density at radius 1 is 1.17 bits per heavy atom. The van der Waals surface area contributed by atoms with E-state index in [2.05, 4.69) is 0 Å². The number of aliphatic hydroxyl groups is 1. The van der Waals surface area contributed by atoms with Gasteiger partial charge in [0, 0.05) is 20.3 Å². The maximum atomic E-state index is 11.0. The zero-order valence-electron chi connectivity index (χ0n) is 11.1. The molecule has 1 fully saturated rings. The smallest absolute Gasteiger partial charge is 0.115 e. The molecule has 0 unspecified atom stereocenters. The molecule has 1 aromatic rings. The highest BCUT2D eigenvalue weighted by atomic mass is 16.3. The molecule has 1 aliphatic rings. The van der Waals surface area contributed by atoms with Gasteiger partial charge in [-0.15, -0.1) is 0 Å². The van der Waals surface area contributed by atoms with Crippen LogP contribution in [0.1, 0.15) is 31.2 Å². The van der Waals surface area contributed by atoms with Gasteiger partial charge in [0.15, 0.2) is 0 Å². The first-order chi connectivity index (χ1) is 8.52. The van der Waals surface area contributed by atoms with E-state index in [0.29, 0.717) is 0 Å². The van der Waals surface area contributed by atoms with E-state index in [1.807, 2.05) is 37.3 Å². The molecule has 0 saturated heterocycles. The molecule has 1 aromatic carbocycles. The maximum absolute atomic E-state index is 11.0. The van der Waals surface area contributed by atoms with Crippen molar-refractivity contribution in [2.75, 3.05) is 14.1 Å². The van der Waals surface area contributed by atoms with Gasteiger partial charge < -0.3 is 15.1 Å². The van der Waals surface area contributed by atoms with Gasteiger partial charge >= 0.3 is 0 Å². The summed E-state index contributed by atoms with van der Waals surface area (Å²) >= 11 is 0. The predicted molar refractivity (Wildman–Crippen MR) is 72.2 cm³/mol.